The normalized spacial score (nSPS) is 12.5. The molecule has 80 valence electrons. The maximum atomic E-state index is 12.2. The quantitative estimate of drug-likeness (QED) is 0.727. The molecule has 0 unspecified atom stereocenters. The van der Waals surface area contributed by atoms with Crippen LogP contribution in [0.3, 0.4) is 0 Å². The first-order chi connectivity index (χ1) is 6.31. The number of hydrogen-bond acceptors (Lipinski definition) is 1. The summed E-state index contributed by atoms with van der Waals surface area (Å²) in [5.74, 6) is 0.0704. The van der Waals surface area contributed by atoms with Crippen LogP contribution in [0, 0.1) is 0 Å². The first-order valence-corrected chi connectivity index (χ1v) is 4.39. The molecule has 0 spiro atoms. The molecule has 0 aliphatic heterocycles. The van der Waals surface area contributed by atoms with Crippen LogP contribution < -0.4 is 0 Å². The fraction of sp³-hybridized carbons (Fsp3) is 0.667. The van der Waals surface area contributed by atoms with Gasteiger partial charge in [-0.05, 0) is 11.5 Å². The van der Waals surface area contributed by atoms with E-state index in [2.05, 4.69) is 5.10 Å². The van der Waals surface area contributed by atoms with Crippen molar-refractivity contribution in [1.82, 2.24) is 9.78 Å². The SMILES string of the molecule is CC(C)c1cnn(C)c1CC(F)(F)F. The van der Waals surface area contributed by atoms with Gasteiger partial charge in [0, 0.05) is 7.05 Å². The summed E-state index contributed by atoms with van der Waals surface area (Å²) in [6.45, 7) is 3.72. The number of halogens is 3. The number of nitrogens with zero attached hydrogens (tertiary/aromatic N) is 2. The lowest BCUT2D eigenvalue weighted by molar-refractivity contribution is -0.128. The minimum atomic E-state index is -4.17. The molecule has 0 aromatic carbocycles. The molecule has 0 saturated carbocycles. The van der Waals surface area contributed by atoms with Gasteiger partial charge in [-0.25, -0.2) is 0 Å². The van der Waals surface area contributed by atoms with Crippen molar-refractivity contribution < 1.29 is 13.2 Å². The largest absolute Gasteiger partial charge is 0.394 e. The molecule has 2 nitrogen and oxygen atoms in total. The van der Waals surface area contributed by atoms with Gasteiger partial charge in [0.1, 0.15) is 0 Å². The Morgan fingerprint density at radius 1 is 1.43 bits per heavy atom. The Morgan fingerprint density at radius 2 is 2.00 bits per heavy atom. The van der Waals surface area contributed by atoms with E-state index in [4.69, 9.17) is 0 Å². The van der Waals surface area contributed by atoms with Gasteiger partial charge in [0.15, 0.2) is 0 Å². The molecule has 14 heavy (non-hydrogen) atoms. The van der Waals surface area contributed by atoms with Crippen molar-refractivity contribution in [2.45, 2.75) is 32.4 Å². The van der Waals surface area contributed by atoms with Crippen molar-refractivity contribution >= 4 is 0 Å². The third kappa shape index (κ3) is 2.49. The maximum Gasteiger partial charge on any atom is 0.394 e. The van der Waals surface area contributed by atoms with Crippen LogP contribution in [-0.2, 0) is 13.5 Å². The molecule has 1 aromatic heterocycles. The van der Waals surface area contributed by atoms with E-state index in [9.17, 15) is 13.2 Å². The standard InChI is InChI=1S/C9H13F3N2/c1-6(2)7-5-13-14(3)8(7)4-9(10,11)12/h5-6H,4H2,1-3H3. The maximum absolute atomic E-state index is 12.2. The summed E-state index contributed by atoms with van der Waals surface area (Å²) in [5, 5.41) is 3.84. The third-order valence-corrected chi connectivity index (χ3v) is 2.08. The molecule has 1 aromatic rings. The summed E-state index contributed by atoms with van der Waals surface area (Å²) < 4.78 is 37.9. The first kappa shape index (κ1) is 11.1. The summed E-state index contributed by atoms with van der Waals surface area (Å²) >= 11 is 0. The summed E-state index contributed by atoms with van der Waals surface area (Å²) in [7, 11) is 1.53. The second-order valence-corrected chi connectivity index (χ2v) is 3.62. The van der Waals surface area contributed by atoms with Gasteiger partial charge in [-0.1, -0.05) is 13.8 Å². The van der Waals surface area contributed by atoms with Crippen LogP contribution in [0.4, 0.5) is 13.2 Å². The number of hydrogen-bond donors (Lipinski definition) is 0. The van der Waals surface area contributed by atoms with Crippen LogP contribution in [0.5, 0.6) is 0 Å². The van der Waals surface area contributed by atoms with E-state index in [0.717, 1.165) is 0 Å². The third-order valence-electron chi connectivity index (χ3n) is 2.08. The molecular formula is C9H13F3N2. The van der Waals surface area contributed by atoms with Crippen molar-refractivity contribution in [1.29, 1.82) is 0 Å². The van der Waals surface area contributed by atoms with Gasteiger partial charge >= 0.3 is 6.18 Å². The highest BCUT2D eigenvalue weighted by atomic mass is 19.4. The topological polar surface area (TPSA) is 17.8 Å². The Labute approximate surface area is 80.7 Å². The molecule has 1 heterocycles. The molecule has 0 N–H and O–H groups in total. The fourth-order valence-electron chi connectivity index (χ4n) is 1.37. The predicted molar refractivity (Wildman–Crippen MR) is 47.1 cm³/mol. The van der Waals surface area contributed by atoms with Gasteiger partial charge in [-0.3, -0.25) is 4.68 Å². The lowest BCUT2D eigenvalue weighted by Gasteiger charge is -2.10. The molecule has 0 fully saturated rings. The first-order valence-electron chi connectivity index (χ1n) is 4.39. The van der Waals surface area contributed by atoms with Crippen molar-refractivity contribution in [3.8, 4) is 0 Å². The van der Waals surface area contributed by atoms with Gasteiger partial charge in [0.05, 0.1) is 18.3 Å². The van der Waals surface area contributed by atoms with E-state index in [-0.39, 0.29) is 11.6 Å². The second-order valence-electron chi connectivity index (χ2n) is 3.62. The number of aryl methyl sites for hydroxylation is 1. The number of aromatic nitrogens is 2. The molecular weight excluding hydrogens is 193 g/mol. The van der Waals surface area contributed by atoms with Crippen LogP contribution in [0.1, 0.15) is 31.0 Å². The van der Waals surface area contributed by atoms with Crippen LogP contribution in [0.2, 0.25) is 0 Å². The fourth-order valence-corrected chi connectivity index (χ4v) is 1.37. The van der Waals surface area contributed by atoms with Crippen molar-refractivity contribution in [2.24, 2.45) is 7.05 Å². The van der Waals surface area contributed by atoms with Crippen molar-refractivity contribution in [3.05, 3.63) is 17.5 Å². The highest BCUT2D eigenvalue weighted by Crippen LogP contribution is 2.26. The molecule has 5 heteroatoms. The van der Waals surface area contributed by atoms with E-state index in [1.165, 1.54) is 17.9 Å². The average molecular weight is 206 g/mol. The summed E-state index contributed by atoms with van der Waals surface area (Å²) in [6.07, 6.45) is -3.57. The zero-order valence-corrected chi connectivity index (χ0v) is 8.39. The minimum absolute atomic E-state index is 0.0704. The van der Waals surface area contributed by atoms with Gasteiger partial charge in [0.25, 0.3) is 0 Å². The Kier molecular flexibility index (Phi) is 2.87. The lowest BCUT2D eigenvalue weighted by atomic mass is 10.0. The zero-order chi connectivity index (χ0) is 10.9. The van der Waals surface area contributed by atoms with E-state index >= 15 is 0 Å². The Hall–Kier alpha value is -1.00. The Morgan fingerprint density at radius 3 is 2.43 bits per heavy atom. The van der Waals surface area contributed by atoms with Crippen LogP contribution >= 0.6 is 0 Å². The number of alkyl halides is 3. The van der Waals surface area contributed by atoms with Crippen molar-refractivity contribution in [3.63, 3.8) is 0 Å². The minimum Gasteiger partial charge on any atom is -0.272 e. The molecule has 0 atom stereocenters. The van der Waals surface area contributed by atoms with Gasteiger partial charge in [0.2, 0.25) is 0 Å². The second kappa shape index (κ2) is 3.63. The molecule has 1 rings (SSSR count). The molecule has 0 bridgehead atoms. The lowest BCUT2D eigenvalue weighted by Crippen LogP contribution is -2.16. The van der Waals surface area contributed by atoms with Crippen LogP contribution in [0.25, 0.3) is 0 Å². The molecule has 0 aliphatic carbocycles. The molecule has 0 aliphatic rings. The highest BCUT2D eigenvalue weighted by Gasteiger charge is 2.31. The number of rotatable bonds is 2. The smallest absolute Gasteiger partial charge is 0.272 e. The van der Waals surface area contributed by atoms with E-state index in [1.54, 1.807) is 0 Å². The van der Waals surface area contributed by atoms with Gasteiger partial charge in [-0.15, -0.1) is 0 Å². The molecule has 0 radical (unpaired) electrons. The zero-order valence-electron chi connectivity index (χ0n) is 8.39. The average Bonchev–Trinajstić information content (AvgIpc) is 2.29. The summed E-state index contributed by atoms with van der Waals surface area (Å²) in [5.41, 5.74) is 0.928. The molecule has 0 saturated heterocycles. The van der Waals surface area contributed by atoms with E-state index < -0.39 is 12.6 Å². The van der Waals surface area contributed by atoms with E-state index in [1.807, 2.05) is 13.8 Å². The monoisotopic (exact) mass is 206 g/mol. The van der Waals surface area contributed by atoms with E-state index in [0.29, 0.717) is 5.56 Å². The van der Waals surface area contributed by atoms with Gasteiger partial charge in [-0.2, -0.15) is 18.3 Å². The highest BCUT2D eigenvalue weighted by molar-refractivity contribution is 5.22. The van der Waals surface area contributed by atoms with Crippen LogP contribution in [-0.4, -0.2) is 16.0 Å². The summed E-state index contributed by atoms with van der Waals surface area (Å²) in [4.78, 5) is 0. The van der Waals surface area contributed by atoms with Crippen molar-refractivity contribution in [2.75, 3.05) is 0 Å². The Bertz CT molecular complexity index is 312. The van der Waals surface area contributed by atoms with Gasteiger partial charge < -0.3 is 0 Å². The summed E-state index contributed by atoms with van der Waals surface area (Å²) in [6, 6.07) is 0. The predicted octanol–water partition coefficient (Wildman–Crippen LogP) is 2.65. The van der Waals surface area contributed by atoms with Crippen LogP contribution in [0.15, 0.2) is 6.20 Å². The Balaban J connectivity index is 3.00. The molecule has 0 amide bonds.